The van der Waals surface area contributed by atoms with Crippen molar-refractivity contribution in [2.24, 2.45) is 11.8 Å². The molecule has 1 aliphatic heterocycles. The molecule has 0 radical (unpaired) electrons. The van der Waals surface area contributed by atoms with E-state index in [0.29, 0.717) is 5.56 Å². The Morgan fingerprint density at radius 2 is 2.00 bits per heavy atom. The second-order valence-corrected chi connectivity index (χ2v) is 6.48. The minimum atomic E-state index is -0.503. The zero-order chi connectivity index (χ0) is 15.4. The number of aliphatic hydroxyl groups excluding tert-OH is 1. The number of nitriles is 1. The molecule has 1 N–H and O–H groups in total. The summed E-state index contributed by atoms with van der Waals surface area (Å²) in [4.78, 5) is 2.35. The van der Waals surface area contributed by atoms with E-state index in [1.54, 1.807) is 13.0 Å². The van der Waals surface area contributed by atoms with E-state index in [4.69, 9.17) is 5.26 Å². The molecule has 1 aliphatic rings. The van der Waals surface area contributed by atoms with Gasteiger partial charge in [0, 0.05) is 24.3 Å². The molecule has 0 spiro atoms. The van der Waals surface area contributed by atoms with Gasteiger partial charge in [-0.05, 0) is 50.2 Å². The van der Waals surface area contributed by atoms with Crippen LogP contribution in [0.15, 0.2) is 18.2 Å². The maximum absolute atomic E-state index is 10.00. The number of aliphatic hydroxyl groups is 1. The molecule has 0 amide bonds. The highest BCUT2D eigenvalue weighted by atomic mass is 16.3. The first-order chi connectivity index (χ1) is 10.0. The van der Waals surface area contributed by atoms with Crippen molar-refractivity contribution in [1.82, 2.24) is 0 Å². The largest absolute Gasteiger partial charge is 0.389 e. The molecule has 114 valence electrons. The summed E-state index contributed by atoms with van der Waals surface area (Å²) in [7, 11) is 0. The molecule has 3 nitrogen and oxygen atoms in total. The van der Waals surface area contributed by atoms with Crippen LogP contribution in [0.25, 0.3) is 0 Å². The van der Waals surface area contributed by atoms with E-state index >= 15 is 0 Å². The first-order valence-electron chi connectivity index (χ1n) is 8.00. The lowest BCUT2D eigenvalue weighted by Crippen LogP contribution is -2.26. The van der Waals surface area contributed by atoms with Gasteiger partial charge in [0.25, 0.3) is 0 Å². The van der Waals surface area contributed by atoms with Gasteiger partial charge in [-0.25, -0.2) is 0 Å². The number of hydrogen-bond acceptors (Lipinski definition) is 3. The Hall–Kier alpha value is -1.53. The molecule has 2 atom stereocenters. The lowest BCUT2D eigenvalue weighted by atomic mass is 9.89. The van der Waals surface area contributed by atoms with Crippen molar-refractivity contribution in [2.75, 3.05) is 18.0 Å². The Kier molecular flexibility index (Phi) is 5.25. The number of rotatable bonds is 3. The van der Waals surface area contributed by atoms with Crippen molar-refractivity contribution < 1.29 is 5.11 Å². The third kappa shape index (κ3) is 3.77. The Bertz CT molecular complexity index is 516. The molecule has 1 saturated heterocycles. The Labute approximate surface area is 128 Å². The predicted molar refractivity (Wildman–Crippen MR) is 86.2 cm³/mol. The summed E-state index contributed by atoms with van der Waals surface area (Å²) in [5.41, 5.74) is 2.63. The molecular formula is C18H26N2O. The lowest BCUT2D eigenvalue weighted by molar-refractivity contribution is 0.199. The molecule has 1 aromatic rings. The fraction of sp³-hybridized carbons (Fsp3) is 0.611. The van der Waals surface area contributed by atoms with E-state index in [0.717, 1.165) is 36.2 Å². The van der Waals surface area contributed by atoms with Crippen LogP contribution in [0.5, 0.6) is 0 Å². The zero-order valence-electron chi connectivity index (χ0n) is 13.3. The van der Waals surface area contributed by atoms with Crippen molar-refractivity contribution >= 4 is 5.69 Å². The molecule has 1 unspecified atom stereocenters. The van der Waals surface area contributed by atoms with Crippen LogP contribution >= 0.6 is 0 Å². The standard InChI is InChI=1S/C18H26N2O/c1-13(2)16-5-4-9-20(10-8-16)18-11-15(12-19)6-7-17(18)14(3)21/h6-7,11,13-14,16,21H,4-5,8-10H2,1-3H3/t14-,16?/m1/s1. The summed E-state index contributed by atoms with van der Waals surface area (Å²) < 4.78 is 0. The fourth-order valence-corrected chi connectivity index (χ4v) is 3.27. The average molecular weight is 286 g/mol. The lowest BCUT2D eigenvalue weighted by Gasteiger charge is -2.27. The summed E-state index contributed by atoms with van der Waals surface area (Å²) >= 11 is 0. The van der Waals surface area contributed by atoms with Crippen molar-refractivity contribution in [3.63, 3.8) is 0 Å². The van der Waals surface area contributed by atoms with E-state index in [1.807, 2.05) is 12.1 Å². The topological polar surface area (TPSA) is 47.3 Å². The van der Waals surface area contributed by atoms with Gasteiger partial charge in [0.05, 0.1) is 17.7 Å². The predicted octanol–water partition coefficient (Wildman–Crippen LogP) is 3.87. The average Bonchev–Trinajstić information content (AvgIpc) is 2.72. The monoisotopic (exact) mass is 286 g/mol. The van der Waals surface area contributed by atoms with Crippen LogP contribution < -0.4 is 4.90 Å². The molecule has 1 heterocycles. The second kappa shape index (κ2) is 6.95. The van der Waals surface area contributed by atoms with Gasteiger partial charge < -0.3 is 10.0 Å². The van der Waals surface area contributed by atoms with Crippen LogP contribution in [0, 0.1) is 23.2 Å². The Balaban J connectivity index is 2.26. The highest BCUT2D eigenvalue weighted by molar-refractivity contribution is 5.58. The normalized spacial score (nSPS) is 21.0. The molecule has 0 saturated carbocycles. The van der Waals surface area contributed by atoms with Crippen LogP contribution in [-0.2, 0) is 0 Å². The molecule has 0 aromatic heterocycles. The van der Waals surface area contributed by atoms with Gasteiger partial charge >= 0.3 is 0 Å². The number of benzene rings is 1. The SMILES string of the molecule is CC(C)C1CCCN(c2cc(C#N)ccc2[C@@H](C)O)CC1. The summed E-state index contributed by atoms with van der Waals surface area (Å²) in [5.74, 6) is 1.51. The van der Waals surface area contributed by atoms with Gasteiger partial charge in [0.1, 0.15) is 0 Å². The van der Waals surface area contributed by atoms with Crippen molar-refractivity contribution in [3.8, 4) is 6.07 Å². The van der Waals surface area contributed by atoms with Crippen LogP contribution in [0.3, 0.4) is 0 Å². The molecule has 0 bridgehead atoms. The van der Waals surface area contributed by atoms with E-state index in [-0.39, 0.29) is 0 Å². The summed E-state index contributed by atoms with van der Waals surface area (Å²) in [6.45, 7) is 8.42. The Morgan fingerprint density at radius 1 is 1.24 bits per heavy atom. The van der Waals surface area contributed by atoms with Gasteiger partial charge in [-0.1, -0.05) is 19.9 Å². The highest BCUT2D eigenvalue weighted by Gasteiger charge is 2.22. The number of nitrogens with zero attached hydrogens (tertiary/aromatic N) is 2. The summed E-state index contributed by atoms with van der Waals surface area (Å²) in [6.07, 6.45) is 3.14. The van der Waals surface area contributed by atoms with Gasteiger partial charge in [0.2, 0.25) is 0 Å². The van der Waals surface area contributed by atoms with Crippen molar-refractivity contribution in [3.05, 3.63) is 29.3 Å². The maximum atomic E-state index is 10.00. The van der Waals surface area contributed by atoms with Gasteiger partial charge in [0.15, 0.2) is 0 Å². The molecule has 3 heteroatoms. The third-order valence-electron chi connectivity index (χ3n) is 4.67. The highest BCUT2D eigenvalue weighted by Crippen LogP contribution is 2.32. The van der Waals surface area contributed by atoms with Crippen LogP contribution in [0.1, 0.15) is 57.3 Å². The van der Waals surface area contributed by atoms with E-state index in [1.165, 1.54) is 19.3 Å². The molecule has 1 fully saturated rings. The molecule has 1 aromatic carbocycles. The fourth-order valence-electron chi connectivity index (χ4n) is 3.27. The zero-order valence-corrected chi connectivity index (χ0v) is 13.3. The smallest absolute Gasteiger partial charge is 0.0992 e. The Morgan fingerprint density at radius 3 is 2.62 bits per heavy atom. The van der Waals surface area contributed by atoms with E-state index in [2.05, 4.69) is 24.8 Å². The molecule has 2 rings (SSSR count). The van der Waals surface area contributed by atoms with Crippen LogP contribution in [0.4, 0.5) is 5.69 Å². The number of hydrogen-bond donors (Lipinski definition) is 1. The molecular weight excluding hydrogens is 260 g/mol. The quantitative estimate of drug-likeness (QED) is 0.917. The summed E-state index contributed by atoms with van der Waals surface area (Å²) in [5, 5.41) is 19.1. The van der Waals surface area contributed by atoms with Crippen molar-refractivity contribution in [1.29, 1.82) is 5.26 Å². The van der Waals surface area contributed by atoms with Crippen LogP contribution in [-0.4, -0.2) is 18.2 Å². The van der Waals surface area contributed by atoms with Gasteiger partial charge in [-0.15, -0.1) is 0 Å². The first kappa shape index (κ1) is 15.9. The van der Waals surface area contributed by atoms with Gasteiger partial charge in [-0.2, -0.15) is 5.26 Å². The minimum absolute atomic E-state index is 0.503. The summed E-state index contributed by atoms with van der Waals surface area (Å²) in [6, 6.07) is 7.82. The molecule has 0 aliphatic carbocycles. The third-order valence-corrected chi connectivity index (χ3v) is 4.67. The maximum Gasteiger partial charge on any atom is 0.0992 e. The van der Waals surface area contributed by atoms with Gasteiger partial charge in [-0.3, -0.25) is 0 Å². The van der Waals surface area contributed by atoms with Crippen LogP contribution in [0.2, 0.25) is 0 Å². The second-order valence-electron chi connectivity index (χ2n) is 6.48. The number of anilines is 1. The molecule has 21 heavy (non-hydrogen) atoms. The van der Waals surface area contributed by atoms with E-state index in [9.17, 15) is 5.11 Å². The van der Waals surface area contributed by atoms with E-state index < -0.39 is 6.10 Å². The first-order valence-corrected chi connectivity index (χ1v) is 8.00. The minimum Gasteiger partial charge on any atom is -0.389 e. The van der Waals surface area contributed by atoms with Crippen molar-refractivity contribution in [2.45, 2.75) is 46.1 Å².